The van der Waals surface area contributed by atoms with E-state index in [1.807, 2.05) is 30.3 Å². The first-order valence-corrected chi connectivity index (χ1v) is 14.5. The van der Waals surface area contributed by atoms with Crippen LogP contribution in [0.2, 0.25) is 5.02 Å². The van der Waals surface area contributed by atoms with Gasteiger partial charge in [-0.25, -0.2) is 4.68 Å². The molecule has 1 aromatic heterocycles. The number of amides is 4. The number of nitrogens with one attached hydrogen (secondary N) is 3. The molecule has 5 rings (SSSR count). The van der Waals surface area contributed by atoms with Gasteiger partial charge in [0.1, 0.15) is 29.6 Å². The molecule has 0 unspecified atom stereocenters. The number of methoxy groups -OCH3 is 1. The maximum Gasteiger partial charge on any atom is 0.258 e. The van der Waals surface area contributed by atoms with Gasteiger partial charge >= 0.3 is 0 Å². The largest absolute Gasteiger partial charge is 0.496 e. The molecule has 1 fully saturated rings. The zero-order valence-electron chi connectivity index (χ0n) is 24.1. The fraction of sp³-hybridized carbons (Fsp3) is 0.400. The minimum atomic E-state index is -0.956. The lowest BCUT2D eigenvalue weighted by molar-refractivity contribution is -0.134. The molecule has 3 N–H and O–H groups in total. The molecule has 0 saturated carbocycles. The molecule has 12 nitrogen and oxygen atoms in total. The van der Waals surface area contributed by atoms with Crippen LogP contribution in [0.3, 0.4) is 0 Å². The van der Waals surface area contributed by atoms with Gasteiger partial charge < -0.3 is 25.6 Å². The van der Waals surface area contributed by atoms with Crippen molar-refractivity contribution in [1.82, 2.24) is 35.8 Å². The van der Waals surface area contributed by atoms with E-state index in [0.717, 1.165) is 5.56 Å². The summed E-state index contributed by atoms with van der Waals surface area (Å²) in [5.74, 6) is -1.81. The molecule has 0 radical (unpaired) electrons. The van der Waals surface area contributed by atoms with Crippen LogP contribution in [0.25, 0.3) is 0 Å². The van der Waals surface area contributed by atoms with Crippen LogP contribution in [0.5, 0.6) is 5.75 Å². The van der Waals surface area contributed by atoms with E-state index in [2.05, 4.69) is 26.3 Å². The standard InChI is InChI=1S/C30H34ClN7O5/c1-17(2)26-29(41)33-23(11-18-7-5-4-6-8-18)27(39)32-14-20-15-38(36-35-20)21-13-24(28(40)34-26)37(16-21)30(42)22-10-9-19(31)12-25(22)43-3/h4-10,12,15,17,21,23-24,26H,11,13-14,16H2,1-3H3,(H,32,39)(H,33,41)(H,34,40)/t21-,23+,24-,26-/m0/s1. The Hall–Kier alpha value is -4.45. The van der Waals surface area contributed by atoms with Crippen molar-refractivity contribution >= 4 is 35.2 Å². The molecule has 1 saturated heterocycles. The Balaban J connectivity index is 1.48. The summed E-state index contributed by atoms with van der Waals surface area (Å²) in [6.45, 7) is 3.86. The highest BCUT2D eigenvalue weighted by Gasteiger charge is 2.43. The van der Waals surface area contributed by atoms with Gasteiger partial charge in [-0.3, -0.25) is 19.2 Å². The van der Waals surface area contributed by atoms with Crippen molar-refractivity contribution in [1.29, 1.82) is 0 Å². The molecule has 2 aliphatic rings. The number of carbonyl (C=O) groups is 4. The number of benzene rings is 2. The number of ether oxygens (including phenoxy) is 1. The third kappa shape index (κ3) is 6.64. The minimum absolute atomic E-state index is 0.0888. The predicted octanol–water partition coefficient (Wildman–Crippen LogP) is 1.89. The normalized spacial score (nSPS) is 22.7. The van der Waals surface area contributed by atoms with E-state index in [9.17, 15) is 19.2 Å². The molecule has 43 heavy (non-hydrogen) atoms. The smallest absolute Gasteiger partial charge is 0.258 e. The van der Waals surface area contributed by atoms with E-state index in [4.69, 9.17) is 16.3 Å². The zero-order chi connectivity index (χ0) is 30.7. The van der Waals surface area contributed by atoms with Crippen LogP contribution in [-0.2, 0) is 27.3 Å². The van der Waals surface area contributed by atoms with Crippen LogP contribution in [0.1, 0.15) is 47.9 Å². The maximum atomic E-state index is 13.9. The summed E-state index contributed by atoms with van der Waals surface area (Å²) in [5.41, 5.74) is 1.61. The second-order valence-electron chi connectivity index (χ2n) is 11.1. The van der Waals surface area contributed by atoms with Crippen LogP contribution in [0.15, 0.2) is 54.7 Å². The Kier molecular flexibility index (Phi) is 8.95. The van der Waals surface area contributed by atoms with Crippen LogP contribution in [0.4, 0.5) is 0 Å². The number of likely N-dealkylation sites (tertiary alicyclic amines) is 1. The van der Waals surface area contributed by atoms with Gasteiger partial charge in [-0.1, -0.05) is 61.0 Å². The summed E-state index contributed by atoms with van der Waals surface area (Å²) in [4.78, 5) is 56.1. The highest BCUT2D eigenvalue weighted by atomic mass is 35.5. The van der Waals surface area contributed by atoms with Crippen LogP contribution in [0, 0.1) is 5.92 Å². The van der Waals surface area contributed by atoms with Crippen molar-refractivity contribution in [3.63, 3.8) is 0 Å². The summed E-state index contributed by atoms with van der Waals surface area (Å²) >= 11 is 6.12. The van der Waals surface area contributed by atoms with Crippen molar-refractivity contribution in [2.75, 3.05) is 13.7 Å². The molecule has 4 amide bonds. The first-order chi connectivity index (χ1) is 20.6. The fourth-order valence-corrected chi connectivity index (χ4v) is 5.62. The second kappa shape index (κ2) is 12.8. The average molecular weight is 608 g/mol. The summed E-state index contributed by atoms with van der Waals surface area (Å²) < 4.78 is 7.02. The Labute approximate surface area is 254 Å². The first-order valence-electron chi connectivity index (χ1n) is 14.1. The van der Waals surface area contributed by atoms with Gasteiger partial charge in [-0.05, 0) is 29.7 Å². The van der Waals surface area contributed by atoms with Crippen LogP contribution >= 0.6 is 11.6 Å². The number of aromatic nitrogens is 3. The molecular formula is C30H34ClN7O5. The van der Waals surface area contributed by atoms with E-state index in [1.165, 1.54) is 12.0 Å². The summed E-state index contributed by atoms with van der Waals surface area (Å²) in [6.07, 6.45) is 2.18. The Morgan fingerprint density at radius 3 is 2.56 bits per heavy atom. The average Bonchev–Trinajstić information content (AvgIpc) is 3.65. The lowest BCUT2D eigenvalue weighted by Gasteiger charge is -2.29. The first kappa shape index (κ1) is 30.0. The van der Waals surface area contributed by atoms with E-state index >= 15 is 0 Å². The second-order valence-corrected chi connectivity index (χ2v) is 11.5. The predicted molar refractivity (Wildman–Crippen MR) is 157 cm³/mol. The summed E-state index contributed by atoms with van der Waals surface area (Å²) in [7, 11) is 1.44. The van der Waals surface area contributed by atoms with Gasteiger partial charge in [-0.2, -0.15) is 0 Å². The van der Waals surface area contributed by atoms with E-state index in [0.29, 0.717) is 10.7 Å². The lowest BCUT2D eigenvalue weighted by Crippen LogP contribution is -2.58. The molecule has 0 spiro atoms. The van der Waals surface area contributed by atoms with E-state index in [1.54, 1.807) is 42.9 Å². The molecule has 2 aromatic carbocycles. The summed E-state index contributed by atoms with van der Waals surface area (Å²) in [6, 6.07) is 10.9. The zero-order valence-corrected chi connectivity index (χ0v) is 24.9. The van der Waals surface area contributed by atoms with Gasteiger partial charge in [0, 0.05) is 24.4 Å². The summed E-state index contributed by atoms with van der Waals surface area (Å²) in [5, 5.41) is 17.4. The molecule has 4 atom stereocenters. The van der Waals surface area contributed by atoms with Gasteiger partial charge in [0.2, 0.25) is 17.7 Å². The lowest BCUT2D eigenvalue weighted by atomic mass is 10.00. The Bertz CT molecular complexity index is 1510. The highest BCUT2D eigenvalue weighted by Crippen LogP contribution is 2.32. The number of nitrogens with zero attached hydrogens (tertiary/aromatic N) is 4. The van der Waals surface area contributed by atoms with Crippen molar-refractivity contribution in [2.45, 2.75) is 57.4 Å². The number of rotatable bonds is 5. The molecule has 4 bridgehead atoms. The van der Waals surface area contributed by atoms with Crippen molar-refractivity contribution < 1.29 is 23.9 Å². The Morgan fingerprint density at radius 2 is 1.84 bits per heavy atom. The number of hydrogen-bond donors (Lipinski definition) is 3. The third-order valence-corrected chi connectivity index (χ3v) is 8.01. The molecule has 2 aliphatic heterocycles. The molecular weight excluding hydrogens is 574 g/mol. The number of carbonyl (C=O) groups excluding carboxylic acids is 4. The maximum absolute atomic E-state index is 13.9. The SMILES string of the molecule is COc1cc(Cl)ccc1C(=O)N1C[C@@H]2C[C@H]1C(=O)N[C@@H](C(C)C)C(=O)N[C@H](Cc1ccccc1)C(=O)NCc1cn2nn1. The molecule has 3 heterocycles. The molecule has 3 aromatic rings. The number of halogens is 1. The van der Waals surface area contributed by atoms with Crippen molar-refractivity contribution in [3.05, 3.63) is 76.6 Å². The molecule has 0 aliphatic carbocycles. The van der Waals surface area contributed by atoms with Gasteiger partial charge in [0.25, 0.3) is 5.91 Å². The highest BCUT2D eigenvalue weighted by molar-refractivity contribution is 6.30. The van der Waals surface area contributed by atoms with Crippen molar-refractivity contribution in [2.24, 2.45) is 5.92 Å². The van der Waals surface area contributed by atoms with Gasteiger partial charge in [0.05, 0.1) is 31.5 Å². The quantitative estimate of drug-likeness (QED) is 0.401. The van der Waals surface area contributed by atoms with Gasteiger partial charge in [-0.15, -0.1) is 5.10 Å². The molecule has 13 heteroatoms. The third-order valence-electron chi connectivity index (χ3n) is 7.77. The molecule has 226 valence electrons. The minimum Gasteiger partial charge on any atom is -0.496 e. The van der Waals surface area contributed by atoms with Crippen LogP contribution < -0.4 is 20.7 Å². The fourth-order valence-electron chi connectivity index (χ4n) is 5.45. The van der Waals surface area contributed by atoms with E-state index < -0.39 is 35.8 Å². The number of fused-ring (bicyclic) bond motifs is 5. The van der Waals surface area contributed by atoms with Crippen LogP contribution in [-0.4, -0.2) is 75.3 Å². The number of hydrogen-bond acceptors (Lipinski definition) is 7. The van der Waals surface area contributed by atoms with Crippen molar-refractivity contribution in [3.8, 4) is 5.75 Å². The monoisotopic (exact) mass is 607 g/mol. The topological polar surface area (TPSA) is 148 Å². The van der Waals surface area contributed by atoms with Gasteiger partial charge in [0.15, 0.2) is 0 Å². The van der Waals surface area contributed by atoms with E-state index in [-0.39, 0.29) is 55.1 Å². The Morgan fingerprint density at radius 1 is 1.07 bits per heavy atom.